The molecule has 5 heteroatoms. The second-order valence-electron chi connectivity index (χ2n) is 5.09. The molecule has 116 valence electrons. The Kier molecular flexibility index (Phi) is 4.99. The normalized spacial score (nSPS) is 18.6. The molecule has 1 aliphatic heterocycles. The number of amides is 2. The van der Waals surface area contributed by atoms with E-state index in [2.05, 4.69) is 10.6 Å². The minimum atomic E-state index is -0.493. The highest BCUT2D eigenvalue weighted by Crippen LogP contribution is 2.21. The third-order valence-corrected chi connectivity index (χ3v) is 3.41. The van der Waals surface area contributed by atoms with Gasteiger partial charge in [-0.3, -0.25) is 0 Å². The lowest BCUT2D eigenvalue weighted by Crippen LogP contribution is -2.50. The molecule has 1 aromatic rings. The van der Waals surface area contributed by atoms with Gasteiger partial charge in [0.25, 0.3) is 0 Å². The van der Waals surface area contributed by atoms with Crippen molar-refractivity contribution in [2.24, 2.45) is 0 Å². The number of benzene rings is 1. The van der Waals surface area contributed by atoms with Crippen LogP contribution in [0.4, 0.5) is 4.79 Å². The third kappa shape index (κ3) is 3.55. The number of hydrogen-bond acceptors (Lipinski definition) is 3. The number of nitrogens with one attached hydrogen (secondary N) is 2. The molecular formula is C17H20N2O3. The van der Waals surface area contributed by atoms with Gasteiger partial charge in [-0.05, 0) is 31.9 Å². The van der Waals surface area contributed by atoms with Gasteiger partial charge in [0.15, 0.2) is 0 Å². The van der Waals surface area contributed by atoms with Crippen molar-refractivity contribution in [2.45, 2.75) is 26.8 Å². The maximum Gasteiger partial charge on any atom is 0.338 e. The zero-order valence-electron chi connectivity index (χ0n) is 13.0. The van der Waals surface area contributed by atoms with E-state index in [4.69, 9.17) is 4.74 Å². The fourth-order valence-corrected chi connectivity index (χ4v) is 2.41. The quantitative estimate of drug-likeness (QED) is 0.840. The molecule has 0 bridgehead atoms. The summed E-state index contributed by atoms with van der Waals surface area (Å²) in [7, 11) is 0. The first-order valence-electron chi connectivity index (χ1n) is 7.21. The van der Waals surface area contributed by atoms with Crippen LogP contribution in [-0.4, -0.2) is 24.6 Å². The molecule has 22 heavy (non-hydrogen) atoms. The van der Waals surface area contributed by atoms with Gasteiger partial charge in [0, 0.05) is 5.70 Å². The lowest BCUT2D eigenvalue weighted by molar-refractivity contribution is -0.138. The van der Waals surface area contributed by atoms with Gasteiger partial charge in [0.2, 0.25) is 0 Å². The Morgan fingerprint density at radius 2 is 2.00 bits per heavy atom. The number of esters is 1. The molecule has 1 aliphatic rings. The predicted molar refractivity (Wildman–Crippen MR) is 84.9 cm³/mol. The largest absolute Gasteiger partial charge is 0.463 e. The second-order valence-corrected chi connectivity index (χ2v) is 5.09. The number of rotatable bonds is 4. The zero-order chi connectivity index (χ0) is 16.1. The molecule has 0 saturated carbocycles. The van der Waals surface area contributed by atoms with E-state index in [1.54, 1.807) is 13.8 Å². The fourth-order valence-electron chi connectivity index (χ4n) is 2.41. The molecule has 2 amide bonds. The minimum Gasteiger partial charge on any atom is -0.463 e. The number of urea groups is 1. The van der Waals surface area contributed by atoms with Gasteiger partial charge in [-0.15, -0.1) is 0 Å². The number of hydrogen-bond donors (Lipinski definition) is 2. The summed E-state index contributed by atoms with van der Waals surface area (Å²) in [6, 6.07) is 8.93. The number of carbonyl (C=O) groups excluding carboxylic acids is 2. The van der Waals surface area contributed by atoms with Crippen LogP contribution in [0, 0.1) is 0 Å². The minimum absolute atomic E-state index is 0.289. The molecule has 5 nitrogen and oxygen atoms in total. The first-order chi connectivity index (χ1) is 10.5. The summed E-state index contributed by atoms with van der Waals surface area (Å²) in [5, 5.41) is 5.40. The highest BCUT2D eigenvalue weighted by molar-refractivity contribution is 5.96. The van der Waals surface area contributed by atoms with Crippen LogP contribution in [0.15, 0.2) is 47.2 Å². The molecule has 0 radical (unpaired) electrons. The average Bonchev–Trinajstić information content (AvgIpc) is 2.47. The van der Waals surface area contributed by atoms with Crippen molar-refractivity contribution in [2.75, 3.05) is 6.61 Å². The predicted octanol–water partition coefficient (Wildman–Crippen LogP) is 2.61. The summed E-state index contributed by atoms with van der Waals surface area (Å²) in [4.78, 5) is 23.9. The summed E-state index contributed by atoms with van der Waals surface area (Å²) in [6.45, 7) is 5.63. The first kappa shape index (κ1) is 15.8. The van der Waals surface area contributed by atoms with E-state index >= 15 is 0 Å². The Morgan fingerprint density at radius 1 is 1.32 bits per heavy atom. The molecule has 1 heterocycles. The second kappa shape index (κ2) is 6.93. The van der Waals surface area contributed by atoms with E-state index in [1.807, 2.05) is 43.3 Å². The zero-order valence-corrected chi connectivity index (χ0v) is 13.0. The molecular weight excluding hydrogens is 280 g/mol. The third-order valence-electron chi connectivity index (χ3n) is 3.41. The van der Waals surface area contributed by atoms with E-state index in [0.717, 1.165) is 11.1 Å². The van der Waals surface area contributed by atoms with Gasteiger partial charge < -0.3 is 15.4 Å². The summed E-state index contributed by atoms with van der Waals surface area (Å²) in [6.07, 6.45) is 1.95. The SMILES string of the molecule is CCOC(=O)C1=C(C)NC(=O)N[C@H]1/C(C)=C\c1ccccc1. The van der Waals surface area contributed by atoms with Crippen molar-refractivity contribution in [3.8, 4) is 0 Å². The van der Waals surface area contributed by atoms with Crippen LogP contribution in [0.5, 0.6) is 0 Å². The van der Waals surface area contributed by atoms with Crippen molar-refractivity contribution in [3.63, 3.8) is 0 Å². The molecule has 0 saturated heterocycles. The molecule has 1 aromatic carbocycles. The smallest absolute Gasteiger partial charge is 0.338 e. The van der Waals surface area contributed by atoms with Crippen molar-refractivity contribution >= 4 is 18.1 Å². The van der Waals surface area contributed by atoms with Crippen molar-refractivity contribution in [1.82, 2.24) is 10.6 Å². The maximum absolute atomic E-state index is 12.2. The molecule has 0 unspecified atom stereocenters. The van der Waals surface area contributed by atoms with Crippen molar-refractivity contribution in [1.29, 1.82) is 0 Å². The molecule has 0 fully saturated rings. The van der Waals surface area contributed by atoms with Gasteiger partial charge in [0.1, 0.15) is 0 Å². The lowest BCUT2D eigenvalue weighted by Gasteiger charge is -2.28. The first-order valence-corrected chi connectivity index (χ1v) is 7.21. The van der Waals surface area contributed by atoms with E-state index in [0.29, 0.717) is 11.3 Å². The van der Waals surface area contributed by atoms with Gasteiger partial charge in [-0.25, -0.2) is 9.59 Å². The molecule has 1 atom stereocenters. The molecule has 0 aromatic heterocycles. The summed E-state index contributed by atoms with van der Waals surface area (Å²) < 4.78 is 5.10. The topological polar surface area (TPSA) is 67.4 Å². The summed E-state index contributed by atoms with van der Waals surface area (Å²) in [5.74, 6) is -0.418. The maximum atomic E-state index is 12.2. The molecule has 2 N–H and O–H groups in total. The summed E-state index contributed by atoms with van der Waals surface area (Å²) >= 11 is 0. The molecule has 0 spiro atoms. The number of carbonyl (C=O) groups is 2. The monoisotopic (exact) mass is 300 g/mol. The Balaban J connectivity index is 2.37. The van der Waals surface area contributed by atoms with Crippen LogP contribution in [0.1, 0.15) is 26.3 Å². The highest BCUT2D eigenvalue weighted by atomic mass is 16.5. The Hall–Kier alpha value is -2.56. The Morgan fingerprint density at radius 3 is 2.64 bits per heavy atom. The van der Waals surface area contributed by atoms with Crippen LogP contribution < -0.4 is 10.6 Å². The Bertz CT molecular complexity index is 633. The van der Waals surface area contributed by atoms with Crippen molar-refractivity contribution < 1.29 is 14.3 Å². The highest BCUT2D eigenvalue weighted by Gasteiger charge is 2.31. The van der Waals surface area contributed by atoms with Crippen molar-refractivity contribution in [3.05, 3.63) is 52.7 Å². The Labute approximate surface area is 130 Å². The van der Waals surface area contributed by atoms with Crippen LogP contribution >= 0.6 is 0 Å². The van der Waals surface area contributed by atoms with E-state index in [-0.39, 0.29) is 12.6 Å². The van der Waals surface area contributed by atoms with Crippen LogP contribution in [-0.2, 0) is 9.53 Å². The molecule has 0 aliphatic carbocycles. The number of ether oxygens (including phenoxy) is 1. The average molecular weight is 300 g/mol. The number of allylic oxidation sites excluding steroid dienone is 1. The van der Waals surface area contributed by atoms with Gasteiger partial charge >= 0.3 is 12.0 Å². The van der Waals surface area contributed by atoms with Gasteiger partial charge in [-0.1, -0.05) is 36.4 Å². The van der Waals surface area contributed by atoms with E-state index < -0.39 is 12.0 Å². The van der Waals surface area contributed by atoms with E-state index in [9.17, 15) is 9.59 Å². The standard InChI is InChI=1S/C17H20N2O3/c1-4-22-16(20)14-12(3)18-17(21)19-15(14)11(2)10-13-8-6-5-7-9-13/h5-10,15H,4H2,1-3H3,(H2,18,19,21)/b11-10-/t15-/m0/s1. The van der Waals surface area contributed by atoms with Gasteiger partial charge in [0.05, 0.1) is 18.2 Å². The van der Waals surface area contributed by atoms with E-state index in [1.165, 1.54) is 0 Å². The van der Waals surface area contributed by atoms with Crippen LogP contribution in [0.25, 0.3) is 6.08 Å². The van der Waals surface area contributed by atoms with Crippen LogP contribution in [0.2, 0.25) is 0 Å². The molecule has 2 rings (SSSR count). The fraction of sp³-hybridized carbons (Fsp3) is 0.294. The lowest BCUT2D eigenvalue weighted by atomic mass is 9.95. The van der Waals surface area contributed by atoms with Crippen LogP contribution in [0.3, 0.4) is 0 Å². The van der Waals surface area contributed by atoms with Gasteiger partial charge in [-0.2, -0.15) is 0 Å². The summed E-state index contributed by atoms with van der Waals surface area (Å²) in [5.41, 5.74) is 2.83.